The Morgan fingerprint density at radius 3 is 2.63 bits per heavy atom. The van der Waals surface area contributed by atoms with Gasteiger partial charge < -0.3 is 0 Å². The van der Waals surface area contributed by atoms with Gasteiger partial charge in [-0.05, 0) is 53.6 Å². The third-order valence-corrected chi connectivity index (χ3v) is 6.06. The largest absolute Gasteiger partial charge is 0.286 e. The molecule has 4 aromatic rings. The molecule has 140 valence electrons. The molecule has 0 spiro atoms. The Hall–Kier alpha value is -2.44. The second-order valence-corrected chi connectivity index (χ2v) is 8.56. The van der Waals surface area contributed by atoms with E-state index in [0.717, 1.165) is 45.1 Å². The number of fused-ring (bicyclic) bond motifs is 5. The van der Waals surface area contributed by atoms with Crippen molar-refractivity contribution in [3.63, 3.8) is 0 Å². The van der Waals surface area contributed by atoms with E-state index in [9.17, 15) is 8.42 Å². The molecule has 0 aliphatic rings. The van der Waals surface area contributed by atoms with Crippen LogP contribution < -0.4 is 4.57 Å². The Morgan fingerprint density at radius 1 is 1.11 bits per heavy atom. The maximum atomic E-state index is 11.1. The summed E-state index contributed by atoms with van der Waals surface area (Å²) < 4.78 is 33.6. The van der Waals surface area contributed by atoms with Crippen molar-refractivity contribution < 1.29 is 17.5 Å². The monoisotopic (exact) mass is 383 g/mol. The molecule has 0 atom stereocenters. The van der Waals surface area contributed by atoms with Gasteiger partial charge in [0.05, 0.1) is 12.3 Å². The molecule has 6 heteroatoms. The highest BCUT2D eigenvalue weighted by Crippen LogP contribution is 2.33. The number of nitrogens with zero attached hydrogens (tertiary/aromatic N) is 1. The summed E-state index contributed by atoms with van der Waals surface area (Å²) in [4.78, 5) is 3.53. The fourth-order valence-corrected chi connectivity index (χ4v) is 4.62. The number of aryl methyl sites for hydroxylation is 3. The molecule has 4 rings (SSSR count). The van der Waals surface area contributed by atoms with Gasteiger partial charge in [0.15, 0.2) is 11.0 Å². The first-order valence-corrected chi connectivity index (χ1v) is 10.8. The molecule has 0 saturated carbocycles. The Balaban J connectivity index is 2.01. The van der Waals surface area contributed by atoms with Gasteiger partial charge in [-0.15, -0.1) is 0 Å². The van der Waals surface area contributed by atoms with Gasteiger partial charge in [-0.2, -0.15) is 8.42 Å². The van der Waals surface area contributed by atoms with Crippen molar-refractivity contribution >= 4 is 42.7 Å². The van der Waals surface area contributed by atoms with E-state index in [-0.39, 0.29) is 5.75 Å². The number of benzene rings is 3. The SMILES string of the molecule is CC[n+]1c(C)[nH]c2c3c(CCCS(=O)(=O)O)cc4ccccc4c3ccc21. The Kier molecular flexibility index (Phi) is 4.40. The topological polar surface area (TPSA) is 74.0 Å². The van der Waals surface area contributed by atoms with Crippen molar-refractivity contribution in [3.8, 4) is 0 Å². The molecule has 3 aromatic carbocycles. The number of nitrogens with one attached hydrogen (secondary N) is 1. The number of hydrogen-bond acceptors (Lipinski definition) is 2. The first-order valence-electron chi connectivity index (χ1n) is 9.19. The lowest BCUT2D eigenvalue weighted by Gasteiger charge is -2.10. The quantitative estimate of drug-likeness (QED) is 0.312. The van der Waals surface area contributed by atoms with Gasteiger partial charge >= 0.3 is 0 Å². The van der Waals surface area contributed by atoms with Crippen LogP contribution in [0.2, 0.25) is 0 Å². The van der Waals surface area contributed by atoms with Crippen molar-refractivity contribution in [2.75, 3.05) is 5.75 Å². The Morgan fingerprint density at radius 2 is 1.89 bits per heavy atom. The van der Waals surface area contributed by atoms with E-state index >= 15 is 0 Å². The molecule has 2 N–H and O–H groups in total. The van der Waals surface area contributed by atoms with E-state index in [1.807, 2.05) is 12.1 Å². The van der Waals surface area contributed by atoms with Crippen molar-refractivity contribution in [2.24, 2.45) is 0 Å². The molecule has 1 aromatic heterocycles. The van der Waals surface area contributed by atoms with Gasteiger partial charge in [-0.25, -0.2) is 9.55 Å². The lowest BCUT2D eigenvalue weighted by Crippen LogP contribution is -2.33. The van der Waals surface area contributed by atoms with E-state index in [1.165, 1.54) is 5.39 Å². The summed E-state index contributed by atoms with van der Waals surface area (Å²) in [6.07, 6.45) is 0.973. The van der Waals surface area contributed by atoms with Crippen LogP contribution in [0.4, 0.5) is 0 Å². The first kappa shape index (κ1) is 17.9. The minimum atomic E-state index is -3.95. The molecule has 0 aliphatic heterocycles. The summed E-state index contributed by atoms with van der Waals surface area (Å²) in [5.41, 5.74) is 3.33. The summed E-state index contributed by atoms with van der Waals surface area (Å²) in [5, 5.41) is 4.62. The fourth-order valence-electron chi connectivity index (χ4n) is 4.11. The van der Waals surface area contributed by atoms with Crippen LogP contribution in [0.5, 0.6) is 0 Å². The van der Waals surface area contributed by atoms with Crippen molar-refractivity contribution in [2.45, 2.75) is 33.2 Å². The predicted molar refractivity (Wildman–Crippen MR) is 109 cm³/mol. The highest BCUT2D eigenvalue weighted by Gasteiger charge is 2.19. The number of aromatic amines is 1. The van der Waals surface area contributed by atoms with Crippen molar-refractivity contribution in [3.05, 3.63) is 53.9 Å². The van der Waals surface area contributed by atoms with Gasteiger partial charge in [0, 0.05) is 12.3 Å². The molecule has 0 amide bonds. The molecule has 5 nitrogen and oxygen atoms in total. The van der Waals surface area contributed by atoms with Crippen LogP contribution in [-0.4, -0.2) is 23.7 Å². The molecule has 27 heavy (non-hydrogen) atoms. The van der Waals surface area contributed by atoms with Crippen LogP contribution in [0.25, 0.3) is 32.6 Å². The summed E-state index contributed by atoms with van der Waals surface area (Å²) in [6.45, 7) is 5.06. The van der Waals surface area contributed by atoms with Crippen molar-refractivity contribution in [1.82, 2.24) is 4.98 Å². The summed E-state index contributed by atoms with van der Waals surface area (Å²) in [6, 6.07) is 14.7. The molecule has 0 radical (unpaired) electrons. The maximum absolute atomic E-state index is 11.1. The number of aromatic nitrogens is 2. The second-order valence-electron chi connectivity index (χ2n) is 6.98. The van der Waals surface area contributed by atoms with Gasteiger partial charge in [0.1, 0.15) is 0 Å². The number of rotatable bonds is 5. The summed E-state index contributed by atoms with van der Waals surface area (Å²) >= 11 is 0. The molecular weight excluding hydrogens is 360 g/mol. The molecule has 0 bridgehead atoms. The molecular formula is C21H23N2O3S+. The lowest BCUT2D eigenvalue weighted by molar-refractivity contribution is -0.673. The zero-order valence-corrected chi connectivity index (χ0v) is 16.3. The van der Waals surface area contributed by atoms with Crippen LogP contribution in [0.1, 0.15) is 24.7 Å². The summed E-state index contributed by atoms with van der Waals surface area (Å²) in [5.74, 6) is 0.868. The van der Waals surface area contributed by atoms with E-state index in [2.05, 4.69) is 53.7 Å². The molecule has 1 heterocycles. The van der Waals surface area contributed by atoms with Gasteiger partial charge in [0.2, 0.25) is 0 Å². The zero-order chi connectivity index (χ0) is 19.2. The third-order valence-electron chi connectivity index (χ3n) is 5.25. The van der Waals surface area contributed by atoms with Crippen LogP contribution >= 0.6 is 0 Å². The van der Waals surface area contributed by atoms with E-state index < -0.39 is 10.1 Å². The van der Waals surface area contributed by atoms with Gasteiger partial charge in [-0.3, -0.25) is 4.55 Å². The highest BCUT2D eigenvalue weighted by molar-refractivity contribution is 7.85. The molecule has 0 aliphatic carbocycles. The molecule has 0 fully saturated rings. The Labute approximate surface area is 158 Å². The van der Waals surface area contributed by atoms with E-state index in [0.29, 0.717) is 12.8 Å². The normalized spacial score (nSPS) is 12.4. The minimum absolute atomic E-state index is 0.226. The molecule has 0 unspecified atom stereocenters. The average molecular weight is 383 g/mol. The number of hydrogen-bond donors (Lipinski definition) is 2. The Bertz CT molecular complexity index is 1270. The smallest absolute Gasteiger partial charge is 0.264 e. The van der Waals surface area contributed by atoms with E-state index in [4.69, 9.17) is 4.55 Å². The lowest BCUT2D eigenvalue weighted by atomic mass is 9.94. The molecule has 0 saturated heterocycles. The fraction of sp³-hybridized carbons (Fsp3) is 0.286. The second kappa shape index (κ2) is 6.62. The zero-order valence-electron chi connectivity index (χ0n) is 15.5. The van der Waals surface area contributed by atoms with E-state index in [1.54, 1.807) is 0 Å². The van der Waals surface area contributed by atoms with Crippen LogP contribution in [0.3, 0.4) is 0 Å². The van der Waals surface area contributed by atoms with Gasteiger partial charge in [-0.1, -0.05) is 30.3 Å². The number of imidazole rings is 1. The first-order chi connectivity index (χ1) is 12.9. The number of H-pyrrole nitrogens is 1. The predicted octanol–water partition coefficient (Wildman–Crippen LogP) is 3.91. The summed E-state index contributed by atoms with van der Waals surface area (Å²) in [7, 11) is -3.95. The van der Waals surface area contributed by atoms with Crippen LogP contribution in [0, 0.1) is 6.92 Å². The third kappa shape index (κ3) is 3.19. The standard InChI is InChI=1S/C21H22N2O3S/c1-3-23-14(2)22-21-19(23)11-10-18-17-9-5-4-7-15(17)13-16(20(18)21)8-6-12-27(24,25)26/h4-5,7,9-11,13H,3,6,8,12H2,1-2H3,(H,24,25,26)/p+1. The van der Waals surface area contributed by atoms with Crippen molar-refractivity contribution in [1.29, 1.82) is 0 Å². The van der Waals surface area contributed by atoms with Crippen LogP contribution in [0.15, 0.2) is 42.5 Å². The average Bonchev–Trinajstić information content (AvgIpc) is 2.95. The van der Waals surface area contributed by atoms with Crippen LogP contribution in [-0.2, 0) is 23.1 Å². The highest BCUT2D eigenvalue weighted by atomic mass is 32.2. The minimum Gasteiger partial charge on any atom is -0.286 e. The maximum Gasteiger partial charge on any atom is 0.264 e. The van der Waals surface area contributed by atoms with Gasteiger partial charge in [0.25, 0.3) is 15.9 Å².